The van der Waals surface area contributed by atoms with Gasteiger partial charge in [0.05, 0.1) is 28.2 Å². The minimum Gasteiger partial charge on any atom is -0.468 e. The Hall–Kier alpha value is -1.46. The SMILES string of the molecule is COC(=O)Cn1c(N)nc2cc(Cl)c(Cl)cc21. The van der Waals surface area contributed by atoms with Gasteiger partial charge in [0.15, 0.2) is 0 Å². The summed E-state index contributed by atoms with van der Waals surface area (Å²) in [4.78, 5) is 15.3. The highest BCUT2D eigenvalue weighted by atomic mass is 35.5. The molecule has 17 heavy (non-hydrogen) atoms. The van der Waals surface area contributed by atoms with E-state index in [9.17, 15) is 4.79 Å². The summed E-state index contributed by atoms with van der Waals surface area (Å²) >= 11 is 11.8. The zero-order valence-electron chi connectivity index (χ0n) is 8.91. The van der Waals surface area contributed by atoms with Gasteiger partial charge in [0.25, 0.3) is 0 Å². The van der Waals surface area contributed by atoms with Gasteiger partial charge in [0.2, 0.25) is 5.95 Å². The first kappa shape index (κ1) is 12.0. The molecule has 0 saturated heterocycles. The highest BCUT2D eigenvalue weighted by Gasteiger charge is 2.13. The largest absolute Gasteiger partial charge is 0.468 e. The van der Waals surface area contributed by atoms with Gasteiger partial charge in [0.1, 0.15) is 6.54 Å². The van der Waals surface area contributed by atoms with E-state index in [1.807, 2.05) is 0 Å². The molecule has 2 aromatic rings. The average Bonchev–Trinajstić information content (AvgIpc) is 2.56. The molecule has 1 aromatic carbocycles. The van der Waals surface area contributed by atoms with Crippen molar-refractivity contribution in [3.8, 4) is 0 Å². The average molecular weight is 274 g/mol. The summed E-state index contributed by atoms with van der Waals surface area (Å²) in [5.41, 5.74) is 6.94. The first-order valence-electron chi connectivity index (χ1n) is 4.70. The maximum atomic E-state index is 11.2. The van der Waals surface area contributed by atoms with Gasteiger partial charge in [-0.2, -0.15) is 0 Å². The van der Waals surface area contributed by atoms with E-state index in [1.165, 1.54) is 11.7 Å². The molecular weight excluding hydrogens is 265 g/mol. The number of nitrogens with zero attached hydrogens (tertiary/aromatic N) is 2. The monoisotopic (exact) mass is 273 g/mol. The third-order valence-corrected chi connectivity index (χ3v) is 3.06. The van der Waals surface area contributed by atoms with Crippen molar-refractivity contribution >= 4 is 46.2 Å². The smallest absolute Gasteiger partial charge is 0.325 e. The summed E-state index contributed by atoms with van der Waals surface area (Å²) < 4.78 is 6.10. The van der Waals surface area contributed by atoms with Crippen LogP contribution >= 0.6 is 23.2 Å². The molecule has 7 heteroatoms. The number of carbonyl (C=O) groups is 1. The number of fused-ring (bicyclic) bond motifs is 1. The predicted octanol–water partition coefficient (Wildman–Crippen LogP) is 2.10. The second-order valence-electron chi connectivity index (χ2n) is 3.39. The highest BCUT2D eigenvalue weighted by Crippen LogP contribution is 2.28. The van der Waals surface area contributed by atoms with Gasteiger partial charge in [-0.15, -0.1) is 0 Å². The fourth-order valence-electron chi connectivity index (χ4n) is 1.50. The van der Waals surface area contributed by atoms with E-state index in [0.717, 1.165) is 0 Å². The molecule has 0 aliphatic carbocycles. The second kappa shape index (κ2) is 4.43. The highest BCUT2D eigenvalue weighted by molar-refractivity contribution is 6.42. The van der Waals surface area contributed by atoms with Crippen LogP contribution in [0.2, 0.25) is 10.0 Å². The number of nitrogen functional groups attached to an aromatic ring is 1. The van der Waals surface area contributed by atoms with E-state index in [4.69, 9.17) is 28.9 Å². The van der Waals surface area contributed by atoms with Crippen molar-refractivity contribution in [3.05, 3.63) is 22.2 Å². The number of carbonyl (C=O) groups excluding carboxylic acids is 1. The van der Waals surface area contributed by atoms with Gasteiger partial charge in [-0.3, -0.25) is 9.36 Å². The van der Waals surface area contributed by atoms with Crippen LogP contribution in [0, 0.1) is 0 Å². The van der Waals surface area contributed by atoms with E-state index in [0.29, 0.717) is 21.1 Å². The molecule has 2 rings (SSSR count). The van der Waals surface area contributed by atoms with Gasteiger partial charge in [-0.05, 0) is 12.1 Å². The maximum absolute atomic E-state index is 11.2. The van der Waals surface area contributed by atoms with Crippen molar-refractivity contribution in [2.45, 2.75) is 6.54 Å². The molecule has 1 heterocycles. The zero-order chi connectivity index (χ0) is 12.6. The molecular formula is C10H9Cl2N3O2. The van der Waals surface area contributed by atoms with Gasteiger partial charge in [-0.1, -0.05) is 23.2 Å². The number of rotatable bonds is 2. The van der Waals surface area contributed by atoms with Crippen molar-refractivity contribution in [3.63, 3.8) is 0 Å². The summed E-state index contributed by atoms with van der Waals surface area (Å²) in [6.45, 7) is -0.0171. The molecule has 90 valence electrons. The lowest BCUT2D eigenvalue weighted by molar-refractivity contribution is -0.141. The summed E-state index contributed by atoms with van der Waals surface area (Å²) in [5.74, 6) is -0.203. The topological polar surface area (TPSA) is 70.1 Å². The van der Waals surface area contributed by atoms with Crippen molar-refractivity contribution in [1.29, 1.82) is 0 Å². The van der Waals surface area contributed by atoms with Gasteiger partial charge < -0.3 is 10.5 Å². The number of hydrogen-bond acceptors (Lipinski definition) is 4. The second-order valence-corrected chi connectivity index (χ2v) is 4.20. The number of aromatic nitrogens is 2. The van der Waals surface area contributed by atoms with Crippen molar-refractivity contribution < 1.29 is 9.53 Å². The fraction of sp³-hybridized carbons (Fsp3) is 0.200. The third kappa shape index (κ3) is 2.16. The first-order valence-corrected chi connectivity index (χ1v) is 5.46. The number of ether oxygens (including phenoxy) is 1. The number of methoxy groups -OCH3 is 1. The van der Waals surface area contributed by atoms with Gasteiger partial charge >= 0.3 is 5.97 Å². The summed E-state index contributed by atoms with van der Waals surface area (Å²) in [5, 5.41) is 0.770. The molecule has 1 aromatic heterocycles. The van der Waals surface area contributed by atoms with E-state index in [-0.39, 0.29) is 12.5 Å². The molecule has 0 saturated carbocycles. The normalized spacial score (nSPS) is 10.8. The number of halogens is 2. The number of imidazole rings is 1. The minimum absolute atomic E-state index is 0.0171. The fourth-order valence-corrected chi connectivity index (χ4v) is 1.81. The van der Waals surface area contributed by atoms with Gasteiger partial charge in [0, 0.05) is 0 Å². The van der Waals surface area contributed by atoms with Crippen molar-refractivity contribution in [2.75, 3.05) is 12.8 Å². The van der Waals surface area contributed by atoms with Crippen LogP contribution in [0.1, 0.15) is 0 Å². The van der Waals surface area contributed by atoms with E-state index >= 15 is 0 Å². The number of esters is 1. The Morgan fingerprint density at radius 3 is 2.76 bits per heavy atom. The standard InChI is InChI=1S/C10H9Cl2N3O2/c1-17-9(16)4-15-8-3-6(12)5(11)2-7(8)14-10(15)13/h2-3H,4H2,1H3,(H2,13,14). The Morgan fingerprint density at radius 2 is 2.12 bits per heavy atom. The molecule has 0 radical (unpaired) electrons. The van der Waals surface area contributed by atoms with Crippen LogP contribution in [0.5, 0.6) is 0 Å². The van der Waals surface area contributed by atoms with Crippen molar-refractivity contribution in [2.24, 2.45) is 0 Å². The summed E-state index contributed by atoms with van der Waals surface area (Å²) in [6, 6.07) is 3.22. The van der Waals surface area contributed by atoms with Crippen molar-refractivity contribution in [1.82, 2.24) is 9.55 Å². The number of anilines is 1. The van der Waals surface area contributed by atoms with Crippen LogP contribution < -0.4 is 5.73 Å². The number of nitrogens with two attached hydrogens (primary N) is 1. The van der Waals surface area contributed by atoms with Crippen LogP contribution in [-0.2, 0) is 16.1 Å². The number of benzene rings is 1. The van der Waals surface area contributed by atoms with E-state index in [2.05, 4.69) is 9.72 Å². The summed E-state index contributed by atoms with van der Waals surface area (Å²) in [7, 11) is 1.31. The molecule has 5 nitrogen and oxygen atoms in total. The van der Waals surface area contributed by atoms with Crippen LogP contribution in [0.15, 0.2) is 12.1 Å². The number of hydrogen-bond donors (Lipinski definition) is 1. The van der Waals surface area contributed by atoms with E-state index < -0.39 is 5.97 Å². The van der Waals surface area contributed by atoms with E-state index in [1.54, 1.807) is 12.1 Å². The van der Waals surface area contributed by atoms with Crippen LogP contribution in [0.25, 0.3) is 11.0 Å². The Morgan fingerprint density at radius 1 is 1.47 bits per heavy atom. The molecule has 2 N–H and O–H groups in total. The predicted molar refractivity (Wildman–Crippen MR) is 66.2 cm³/mol. The van der Waals surface area contributed by atoms with Crippen LogP contribution in [0.3, 0.4) is 0 Å². The Balaban J connectivity index is 2.58. The molecule has 0 amide bonds. The summed E-state index contributed by atoms with van der Waals surface area (Å²) in [6.07, 6.45) is 0. The molecule has 0 aliphatic rings. The molecule has 0 spiro atoms. The van der Waals surface area contributed by atoms with Crippen LogP contribution in [-0.4, -0.2) is 22.6 Å². The Labute approximate surface area is 107 Å². The molecule has 0 aliphatic heterocycles. The lowest BCUT2D eigenvalue weighted by Crippen LogP contribution is -2.13. The molecule has 0 unspecified atom stereocenters. The Bertz CT molecular complexity index is 595. The quantitative estimate of drug-likeness (QED) is 0.851. The Kier molecular flexibility index (Phi) is 3.13. The molecule has 0 atom stereocenters. The lowest BCUT2D eigenvalue weighted by atomic mass is 10.3. The minimum atomic E-state index is -0.415. The molecule has 0 bridgehead atoms. The van der Waals surface area contributed by atoms with Crippen LogP contribution in [0.4, 0.5) is 5.95 Å². The first-order chi connectivity index (χ1) is 8.02. The maximum Gasteiger partial charge on any atom is 0.325 e. The lowest BCUT2D eigenvalue weighted by Gasteiger charge is -2.04. The zero-order valence-corrected chi connectivity index (χ0v) is 10.4. The van der Waals surface area contributed by atoms with Gasteiger partial charge in [-0.25, -0.2) is 4.98 Å². The molecule has 0 fully saturated rings. The third-order valence-electron chi connectivity index (χ3n) is 2.33.